The first-order valence-electron chi connectivity index (χ1n) is 7.52. The molecule has 0 rings (SSSR count). The van der Waals surface area contributed by atoms with E-state index in [0.717, 1.165) is 12.8 Å². The Morgan fingerprint density at radius 1 is 0.947 bits per heavy atom. The second kappa shape index (κ2) is 10.6. The first-order valence-corrected chi connectivity index (χ1v) is 9.02. The summed E-state index contributed by atoms with van der Waals surface area (Å²) < 4.78 is 30.4. The third-order valence-corrected chi connectivity index (χ3v) is 4.71. The van der Waals surface area contributed by atoms with Gasteiger partial charge in [0.15, 0.2) is 0 Å². The third kappa shape index (κ3) is 11.4. The van der Waals surface area contributed by atoms with Gasteiger partial charge in [-0.1, -0.05) is 58.3 Å². The second-order valence-electron chi connectivity index (χ2n) is 5.48. The highest BCUT2D eigenvalue weighted by Gasteiger charge is 2.20. The van der Waals surface area contributed by atoms with Gasteiger partial charge >= 0.3 is 0 Å². The van der Waals surface area contributed by atoms with E-state index < -0.39 is 21.5 Å². The molecule has 0 bridgehead atoms. The zero-order valence-corrected chi connectivity index (χ0v) is 13.2. The van der Waals surface area contributed by atoms with Crippen LogP contribution in [0.1, 0.15) is 78.1 Å². The summed E-state index contributed by atoms with van der Waals surface area (Å²) in [5.41, 5.74) is 0. The monoisotopic (exact) mass is 294 g/mol. The van der Waals surface area contributed by atoms with Gasteiger partial charge in [0.1, 0.15) is 0 Å². The Morgan fingerprint density at radius 2 is 1.42 bits per heavy atom. The zero-order chi connectivity index (χ0) is 14.7. The van der Waals surface area contributed by atoms with Crippen molar-refractivity contribution in [3.8, 4) is 0 Å². The molecular weight excluding hydrogens is 264 g/mol. The number of unbranched alkanes of at least 4 members (excludes halogenated alkanes) is 7. The molecular formula is C14H30O4S. The van der Waals surface area contributed by atoms with Gasteiger partial charge in [0.2, 0.25) is 0 Å². The van der Waals surface area contributed by atoms with Crippen LogP contribution in [0.15, 0.2) is 0 Å². The highest BCUT2D eigenvalue weighted by molar-refractivity contribution is 7.86. The molecule has 0 aliphatic rings. The van der Waals surface area contributed by atoms with Crippen LogP contribution in [-0.2, 0) is 10.1 Å². The molecule has 0 aromatic heterocycles. The molecule has 5 heteroatoms. The van der Waals surface area contributed by atoms with E-state index in [-0.39, 0.29) is 6.42 Å². The highest BCUT2D eigenvalue weighted by atomic mass is 32.2. The molecule has 4 nitrogen and oxygen atoms in total. The fourth-order valence-corrected chi connectivity index (χ4v) is 2.60. The van der Waals surface area contributed by atoms with Gasteiger partial charge in [0.25, 0.3) is 10.1 Å². The maximum atomic E-state index is 10.8. The lowest BCUT2D eigenvalue weighted by molar-refractivity contribution is 0.149. The first kappa shape index (κ1) is 18.9. The van der Waals surface area contributed by atoms with Crippen LogP contribution in [-0.4, -0.2) is 29.4 Å². The van der Waals surface area contributed by atoms with Crippen LogP contribution in [0.25, 0.3) is 0 Å². The summed E-state index contributed by atoms with van der Waals surface area (Å²) in [6, 6.07) is 0. The van der Waals surface area contributed by atoms with Crippen LogP contribution in [0, 0.1) is 0 Å². The van der Waals surface area contributed by atoms with Crippen molar-refractivity contribution in [1.29, 1.82) is 0 Å². The van der Waals surface area contributed by atoms with Crippen LogP contribution in [0.5, 0.6) is 0 Å². The van der Waals surface area contributed by atoms with Gasteiger partial charge in [0, 0.05) is 0 Å². The van der Waals surface area contributed by atoms with Crippen LogP contribution in [0.2, 0.25) is 0 Å². The maximum absolute atomic E-state index is 10.8. The van der Waals surface area contributed by atoms with Crippen molar-refractivity contribution in [2.45, 2.75) is 89.4 Å². The van der Waals surface area contributed by atoms with Gasteiger partial charge in [-0.2, -0.15) is 8.42 Å². The Kier molecular flexibility index (Phi) is 10.6. The Balaban J connectivity index is 3.46. The molecule has 116 valence electrons. The average molecular weight is 294 g/mol. The smallest absolute Gasteiger partial charge is 0.267 e. The van der Waals surface area contributed by atoms with E-state index in [4.69, 9.17) is 4.55 Å². The fraction of sp³-hybridized carbons (Fsp3) is 1.00. The topological polar surface area (TPSA) is 74.6 Å². The molecule has 0 saturated carbocycles. The Morgan fingerprint density at radius 3 is 1.89 bits per heavy atom. The lowest BCUT2D eigenvalue weighted by Crippen LogP contribution is -2.23. The largest absolute Gasteiger partial charge is 0.393 e. The number of hydrogen-bond acceptors (Lipinski definition) is 3. The molecule has 0 radical (unpaired) electrons. The second-order valence-corrected chi connectivity index (χ2v) is 7.31. The van der Waals surface area contributed by atoms with E-state index in [1.807, 2.05) is 0 Å². The standard InChI is InChI=1S/C14H30O4S/c1-3-4-5-6-7-8-9-10-11-14(15)12-13(2)19(16,17)18/h13-15H,3-12H2,1-2H3,(H,16,17,18). The van der Waals surface area contributed by atoms with E-state index in [9.17, 15) is 13.5 Å². The number of aliphatic hydroxyl groups excluding tert-OH is 1. The van der Waals surface area contributed by atoms with Gasteiger partial charge in [0.05, 0.1) is 11.4 Å². The van der Waals surface area contributed by atoms with E-state index in [1.165, 1.54) is 45.4 Å². The number of aliphatic hydroxyl groups is 1. The molecule has 2 N–H and O–H groups in total. The quantitative estimate of drug-likeness (QED) is 0.426. The Bertz CT molecular complexity index is 301. The molecule has 0 aromatic rings. The summed E-state index contributed by atoms with van der Waals surface area (Å²) >= 11 is 0. The van der Waals surface area contributed by atoms with E-state index in [2.05, 4.69) is 6.92 Å². The van der Waals surface area contributed by atoms with Crippen LogP contribution in [0.4, 0.5) is 0 Å². The molecule has 0 heterocycles. The molecule has 0 aromatic carbocycles. The molecule has 0 spiro atoms. The van der Waals surface area contributed by atoms with Gasteiger partial charge in [-0.25, -0.2) is 0 Å². The predicted octanol–water partition coefficient (Wildman–Crippen LogP) is 3.54. The molecule has 0 aliphatic carbocycles. The average Bonchev–Trinajstić information content (AvgIpc) is 2.31. The number of hydrogen-bond donors (Lipinski definition) is 2. The van der Waals surface area contributed by atoms with Crippen molar-refractivity contribution in [1.82, 2.24) is 0 Å². The molecule has 2 atom stereocenters. The summed E-state index contributed by atoms with van der Waals surface area (Å²) in [6.45, 7) is 3.63. The van der Waals surface area contributed by atoms with Crippen LogP contribution in [0.3, 0.4) is 0 Å². The van der Waals surface area contributed by atoms with Crippen molar-refractivity contribution < 1.29 is 18.1 Å². The van der Waals surface area contributed by atoms with Crippen molar-refractivity contribution in [2.75, 3.05) is 0 Å². The summed E-state index contributed by atoms with van der Waals surface area (Å²) in [7, 11) is -4.01. The van der Waals surface area contributed by atoms with Crippen molar-refractivity contribution in [3.63, 3.8) is 0 Å². The van der Waals surface area contributed by atoms with E-state index in [1.54, 1.807) is 0 Å². The molecule has 0 fully saturated rings. The summed E-state index contributed by atoms with van der Waals surface area (Å²) in [5.74, 6) is 0. The lowest BCUT2D eigenvalue weighted by Gasteiger charge is -2.14. The fourth-order valence-electron chi connectivity index (χ4n) is 2.14. The number of rotatable bonds is 12. The zero-order valence-electron chi connectivity index (χ0n) is 12.3. The first-order chi connectivity index (χ1) is 8.88. The molecule has 2 unspecified atom stereocenters. The summed E-state index contributed by atoms with van der Waals surface area (Å²) in [5, 5.41) is 8.80. The van der Waals surface area contributed by atoms with Gasteiger partial charge in [-0.3, -0.25) is 4.55 Å². The normalized spacial score (nSPS) is 15.4. The van der Waals surface area contributed by atoms with Crippen LogP contribution < -0.4 is 0 Å². The van der Waals surface area contributed by atoms with Gasteiger partial charge in [-0.15, -0.1) is 0 Å². The minimum absolute atomic E-state index is 0.120. The Labute approximate surface area is 118 Å². The van der Waals surface area contributed by atoms with Gasteiger partial charge in [-0.05, 0) is 19.8 Å². The molecule has 0 aliphatic heterocycles. The van der Waals surface area contributed by atoms with Crippen molar-refractivity contribution >= 4 is 10.1 Å². The molecule has 19 heavy (non-hydrogen) atoms. The minimum atomic E-state index is -4.01. The third-order valence-electron chi connectivity index (χ3n) is 3.50. The minimum Gasteiger partial charge on any atom is -0.393 e. The van der Waals surface area contributed by atoms with Crippen LogP contribution >= 0.6 is 0 Å². The van der Waals surface area contributed by atoms with Gasteiger partial charge < -0.3 is 5.11 Å². The molecule has 0 saturated heterocycles. The van der Waals surface area contributed by atoms with E-state index >= 15 is 0 Å². The van der Waals surface area contributed by atoms with Crippen molar-refractivity contribution in [3.05, 3.63) is 0 Å². The summed E-state index contributed by atoms with van der Waals surface area (Å²) in [6.07, 6.45) is 9.73. The SMILES string of the molecule is CCCCCCCCCCC(O)CC(C)S(=O)(=O)O. The Hall–Kier alpha value is -0.130. The van der Waals surface area contributed by atoms with Crippen molar-refractivity contribution in [2.24, 2.45) is 0 Å². The maximum Gasteiger partial charge on any atom is 0.267 e. The van der Waals surface area contributed by atoms with E-state index in [0.29, 0.717) is 6.42 Å². The summed E-state index contributed by atoms with van der Waals surface area (Å²) in [4.78, 5) is 0. The molecule has 0 amide bonds. The lowest BCUT2D eigenvalue weighted by atomic mass is 10.0. The highest BCUT2D eigenvalue weighted by Crippen LogP contribution is 2.14. The predicted molar refractivity (Wildman–Crippen MR) is 78.9 cm³/mol.